The zero-order valence-corrected chi connectivity index (χ0v) is 8.52. The van der Waals surface area contributed by atoms with E-state index in [4.69, 9.17) is 0 Å². The fourth-order valence-electron chi connectivity index (χ4n) is 1.15. The number of hydrogen-bond donors (Lipinski definition) is 1. The number of benzene rings is 1. The van der Waals surface area contributed by atoms with Gasteiger partial charge in [-0.05, 0) is 6.07 Å². The molecule has 0 aliphatic heterocycles. The summed E-state index contributed by atoms with van der Waals surface area (Å²) in [6.45, 7) is 0.305. The first-order chi connectivity index (χ1) is 7.25. The molecule has 0 spiro atoms. The summed E-state index contributed by atoms with van der Waals surface area (Å²) in [5, 5.41) is 5.49. The van der Waals surface area contributed by atoms with Crippen LogP contribution in [-0.4, -0.2) is 4.98 Å². The van der Waals surface area contributed by atoms with E-state index in [2.05, 4.69) is 10.3 Å². The van der Waals surface area contributed by atoms with Crippen LogP contribution in [0.3, 0.4) is 0 Å². The number of hydrogen-bond acceptors (Lipinski definition) is 3. The van der Waals surface area contributed by atoms with E-state index >= 15 is 0 Å². The van der Waals surface area contributed by atoms with Crippen LogP contribution in [0.15, 0.2) is 29.8 Å². The average Bonchev–Trinajstić information content (AvgIpc) is 2.69. The third-order valence-corrected chi connectivity index (χ3v) is 2.61. The Morgan fingerprint density at radius 1 is 1.33 bits per heavy atom. The van der Waals surface area contributed by atoms with Crippen LogP contribution in [0.25, 0.3) is 0 Å². The van der Waals surface area contributed by atoms with Crippen LogP contribution >= 0.6 is 11.3 Å². The first-order valence-corrected chi connectivity index (χ1v) is 5.21. The Balaban J connectivity index is 2.05. The normalized spacial score (nSPS) is 10.3. The Bertz CT molecular complexity index is 443. The van der Waals surface area contributed by atoms with Gasteiger partial charge in [0, 0.05) is 29.8 Å². The first-order valence-electron chi connectivity index (χ1n) is 4.33. The highest BCUT2D eigenvalue weighted by Gasteiger charge is 2.03. The summed E-state index contributed by atoms with van der Waals surface area (Å²) in [7, 11) is 0. The molecule has 0 atom stereocenters. The molecule has 0 saturated carbocycles. The number of thiazole rings is 1. The van der Waals surface area contributed by atoms with Crippen molar-refractivity contribution >= 4 is 16.5 Å². The molecule has 0 unspecified atom stereocenters. The molecule has 0 fully saturated rings. The number of nitrogens with one attached hydrogen (secondary N) is 1. The summed E-state index contributed by atoms with van der Waals surface area (Å²) in [5.41, 5.74) is 0.423. The fraction of sp³-hybridized carbons (Fsp3) is 0.100. The highest BCUT2D eigenvalue weighted by molar-refractivity contribution is 7.13. The van der Waals surface area contributed by atoms with Gasteiger partial charge in [0.05, 0.1) is 0 Å². The average molecular weight is 226 g/mol. The van der Waals surface area contributed by atoms with E-state index in [1.165, 1.54) is 23.5 Å². The lowest BCUT2D eigenvalue weighted by molar-refractivity contribution is 0.574. The van der Waals surface area contributed by atoms with Crippen molar-refractivity contribution in [2.45, 2.75) is 6.54 Å². The van der Waals surface area contributed by atoms with E-state index in [9.17, 15) is 8.78 Å². The van der Waals surface area contributed by atoms with Crippen LogP contribution in [0.2, 0.25) is 0 Å². The lowest BCUT2D eigenvalue weighted by Gasteiger charge is -2.03. The van der Waals surface area contributed by atoms with E-state index in [0.717, 1.165) is 11.2 Å². The second kappa shape index (κ2) is 4.35. The van der Waals surface area contributed by atoms with Crippen LogP contribution in [0.4, 0.5) is 13.9 Å². The van der Waals surface area contributed by atoms with Crippen molar-refractivity contribution in [3.8, 4) is 0 Å². The molecule has 2 aromatic rings. The van der Waals surface area contributed by atoms with E-state index in [1.807, 2.05) is 5.38 Å². The molecule has 1 N–H and O–H groups in total. The molecule has 2 nitrogen and oxygen atoms in total. The maximum atomic E-state index is 13.2. The van der Waals surface area contributed by atoms with Crippen molar-refractivity contribution in [1.82, 2.24) is 4.98 Å². The lowest BCUT2D eigenvalue weighted by atomic mass is 10.2. The standard InChI is InChI=1S/C10H8F2N2S/c11-8-2-1-7(9(12)5-8)6-14-10-13-3-4-15-10/h1-5H,6H2,(H,13,14). The molecule has 1 aromatic heterocycles. The lowest BCUT2D eigenvalue weighted by Crippen LogP contribution is -2.01. The number of halogens is 2. The molecular weight excluding hydrogens is 218 g/mol. The summed E-state index contributed by atoms with van der Waals surface area (Å²) < 4.78 is 25.8. The molecule has 78 valence electrons. The molecule has 2 rings (SSSR count). The molecule has 1 aromatic carbocycles. The van der Waals surface area contributed by atoms with Crippen LogP contribution in [0, 0.1) is 11.6 Å². The number of rotatable bonds is 3. The fourth-order valence-corrected chi connectivity index (χ4v) is 1.67. The Kier molecular flexibility index (Phi) is 2.91. The van der Waals surface area contributed by atoms with Crippen molar-refractivity contribution in [2.75, 3.05) is 5.32 Å². The summed E-state index contributed by atoms with van der Waals surface area (Å²) in [6.07, 6.45) is 1.66. The van der Waals surface area contributed by atoms with Gasteiger partial charge in [0.1, 0.15) is 11.6 Å². The van der Waals surface area contributed by atoms with Gasteiger partial charge in [-0.25, -0.2) is 13.8 Å². The zero-order valence-electron chi connectivity index (χ0n) is 7.71. The van der Waals surface area contributed by atoms with Gasteiger partial charge in [0.25, 0.3) is 0 Å². The molecule has 0 saturated heterocycles. The van der Waals surface area contributed by atoms with Crippen molar-refractivity contribution in [1.29, 1.82) is 0 Å². The third-order valence-electron chi connectivity index (χ3n) is 1.88. The SMILES string of the molecule is Fc1ccc(CNc2nccs2)c(F)c1. The molecule has 0 bridgehead atoms. The molecule has 1 heterocycles. The number of anilines is 1. The molecular formula is C10H8F2N2S. The minimum Gasteiger partial charge on any atom is -0.357 e. The maximum absolute atomic E-state index is 13.2. The molecule has 5 heteroatoms. The Morgan fingerprint density at radius 3 is 2.87 bits per heavy atom. The van der Waals surface area contributed by atoms with Crippen LogP contribution in [0.5, 0.6) is 0 Å². The predicted octanol–water partition coefficient (Wildman–Crippen LogP) is 3.03. The van der Waals surface area contributed by atoms with Gasteiger partial charge in [-0.1, -0.05) is 6.07 Å². The monoisotopic (exact) mass is 226 g/mol. The number of aromatic nitrogens is 1. The Labute approximate surface area is 89.6 Å². The minimum atomic E-state index is -0.564. The maximum Gasteiger partial charge on any atom is 0.182 e. The van der Waals surface area contributed by atoms with Crippen molar-refractivity contribution in [2.24, 2.45) is 0 Å². The highest BCUT2D eigenvalue weighted by atomic mass is 32.1. The van der Waals surface area contributed by atoms with Gasteiger partial charge < -0.3 is 5.32 Å². The quantitative estimate of drug-likeness (QED) is 0.870. The molecule has 0 aliphatic rings. The smallest absolute Gasteiger partial charge is 0.182 e. The Hall–Kier alpha value is -1.49. The predicted molar refractivity (Wildman–Crippen MR) is 55.8 cm³/mol. The van der Waals surface area contributed by atoms with Crippen molar-refractivity contribution in [3.63, 3.8) is 0 Å². The second-order valence-corrected chi connectivity index (χ2v) is 3.82. The zero-order chi connectivity index (χ0) is 10.7. The van der Waals surface area contributed by atoms with E-state index in [1.54, 1.807) is 6.20 Å². The van der Waals surface area contributed by atoms with Crippen molar-refractivity contribution in [3.05, 3.63) is 47.0 Å². The van der Waals surface area contributed by atoms with Gasteiger partial charge in [0.2, 0.25) is 0 Å². The van der Waals surface area contributed by atoms with Crippen molar-refractivity contribution < 1.29 is 8.78 Å². The van der Waals surface area contributed by atoms with Gasteiger partial charge in [-0.15, -0.1) is 11.3 Å². The largest absolute Gasteiger partial charge is 0.357 e. The van der Waals surface area contributed by atoms with Gasteiger partial charge in [-0.2, -0.15) is 0 Å². The summed E-state index contributed by atoms with van der Waals surface area (Å²) in [4.78, 5) is 3.99. The van der Waals surface area contributed by atoms with Gasteiger partial charge >= 0.3 is 0 Å². The first kappa shape index (κ1) is 10.0. The van der Waals surface area contributed by atoms with Crippen LogP contribution in [-0.2, 0) is 6.54 Å². The van der Waals surface area contributed by atoms with E-state index in [0.29, 0.717) is 12.1 Å². The topological polar surface area (TPSA) is 24.9 Å². The van der Waals surface area contributed by atoms with Gasteiger partial charge in [0.15, 0.2) is 5.13 Å². The molecule has 0 radical (unpaired) electrons. The summed E-state index contributed by atoms with van der Waals surface area (Å²) >= 11 is 1.43. The van der Waals surface area contributed by atoms with Gasteiger partial charge in [-0.3, -0.25) is 0 Å². The van der Waals surface area contributed by atoms with Crippen LogP contribution in [0.1, 0.15) is 5.56 Å². The van der Waals surface area contributed by atoms with Crippen LogP contribution < -0.4 is 5.32 Å². The van der Waals surface area contributed by atoms with E-state index < -0.39 is 11.6 Å². The molecule has 0 amide bonds. The molecule has 15 heavy (non-hydrogen) atoms. The summed E-state index contributed by atoms with van der Waals surface area (Å²) in [5.74, 6) is -1.11. The number of nitrogens with zero attached hydrogens (tertiary/aromatic N) is 1. The highest BCUT2D eigenvalue weighted by Crippen LogP contribution is 2.14. The third kappa shape index (κ3) is 2.50. The second-order valence-electron chi connectivity index (χ2n) is 2.93. The van der Waals surface area contributed by atoms with E-state index in [-0.39, 0.29) is 0 Å². The minimum absolute atomic E-state index is 0.305. The Morgan fingerprint density at radius 2 is 2.20 bits per heavy atom. The molecule has 0 aliphatic carbocycles. The summed E-state index contributed by atoms with van der Waals surface area (Å²) in [6, 6.07) is 3.53.